The molecule has 202 valence electrons. The fourth-order valence-corrected chi connectivity index (χ4v) is 22.3. The van der Waals surface area contributed by atoms with Crippen LogP contribution in [0.4, 0.5) is 4.79 Å². The standard InChI is InChI=1S/C17H20NO5.3C4H9.Sn/c1-12-10-13(11-14(15(12)21-2)16(19)22-3)6-4-5-7-18-8-9-23-17(18)20;3*1-3-4-2;/h5,10-11H,6-9H2,1-3H3;3*1,3-4H2,2H3;. The van der Waals surface area contributed by atoms with E-state index in [1.54, 1.807) is 10.7 Å². The van der Waals surface area contributed by atoms with Gasteiger partial charge in [0.25, 0.3) is 0 Å². The van der Waals surface area contributed by atoms with E-state index in [1.807, 2.05) is 17.9 Å². The summed E-state index contributed by atoms with van der Waals surface area (Å²) in [5.41, 5.74) is 2.54. The van der Waals surface area contributed by atoms with Crippen LogP contribution in [0.25, 0.3) is 0 Å². The van der Waals surface area contributed by atoms with Crippen molar-refractivity contribution in [3.8, 4) is 5.75 Å². The summed E-state index contributed by atoms with van der Waals surface area (Å²) < 4.78 is 21.4. The predicted molar refractivity (Wildman–Crippen MR) is 149 cm³/mol. The monoisotopic (exact) mass is 609 g/mol. The Kier molecular flexibility index (Phi) is 13.2. The van der Waals surface area contributed by atoms with Gasteiger partial charge in [-0.3, -0.25) is 0 Å². The molecule has 0 saturated carbocycles. The predicted octanol–water partition coefficient (Wildman–Crippen LogP) is 7.10. The van der Waals surface area contributed by atoms with Gasteiger partial charge in [-0.05, 0) is 0 Å². The van der Waals surface area contributed by atoms with Crippen LogP contribution in [0, 0.1) is 6.92 Å². The second-order valence-corrected chi connectivity index (χ2v) is 23.5. The van der Waals surface area contributed by atoms with E-state index in [0.717, 1.165) is 17.5 Å². The summed E-state index contributed by atoms with van der Waals surface area (Å²) in [6.07, 6.45) is 10.4. The number of carbonyl (C=O) groups is 2. The Hall–Kier alpha value is -1.70. The summed E-state index contributed by atoms with van der Waals surface area (Å²) in [5.74, 6) is 0.202. The molecule has 0 aliphatic carbocycles. The third-order valence-electron chi connectivity index (χ3n) is 7.45. The normalized spacial score (nSPS) is 14.2. The molecule has 0 bridgehead atoms. The fraction of sp³-hybridized carbons (Fsp3) is 0.655. The number of amides is 1. The van der Waals surface area contributed by atoms with Crippen molar-refractivity contribution in [2.45, 2.75) is 86.0 Å². The summed E-state index contributed by atoms with van der Waals surface area (Å²) in [5, 5.41) is 0. The molecular formula is C29H47NO5Sn. The first kappa shape index (κ1) is 30.5. The van der Waals surface area contributed by atoms with E-state index in [4.69, 9.17) is 14.2 Å². The van der Waals surface area contributed by atoms with Crippen LogP contribution in [0.1, 0.15) is 80.8 Å². The molecule has 7 heteroatoms. The number of nitrogens with zero attached hydrogens (tertiary/aromatic N) is 1. The number of hydrogen-bond donors (Lipinski definition) is 0. The molecule has 0 spiro atoms. The number of rotatable bonds is 16. The molecule has 1 aromatic carbocycles. The summed E-state index contributed by atoms with van der Waals surface area (Å²) in [4.78, 5) is 26.6. The second-order valence-electron chi connectivity index (χ2n) is 10.0. The van der Waals surface area contributed by atoms with Gasteiger partial charge in [0.05, 0.1) is 0 Å². The van der Waals surface area contributed by atoms with Gasteiger partial charge in [0, 0.05) is 0 Å². The molecule has 1 aromatic rings. The Bertz CT molecular complexity index is 876. The number of unbranched alkanes of at least 4 members (excludes halogenated alkanes) is 3. The second kappa shape index (κ2) is 15.5. The molecule has 2 rings (SSSR count). The molecule has 0 unspecified atom stereocenters. The van der Waals surface area contributed by atoms with Crippen molar-refractivity contribution < 1.29 is 23.8 Å². The molecule has 6 nitrogen and oxygen atoms in total. The van der Waals surface area contributed by atoms with E-state index in [9.17, 15) is 9.59 Å². The Morgan fingerprint density at radius 1 is 1.06 bits per heavy atom. The molecule has 0 radical (unpaired) electrons. The average molecular weight is 608 g/mol. The van der Waals surface area contributed by atoms with Gasteiger partial charge < -0.3 is 0 Å². The first-order chi connectivity index (χ1) is 17.3. The molecule has 1 heterocycles. The zero-order valence-electron chi connectivity index (χ0n) is 23.4. The summed E-state index contributed by atoms with van der Waals surface area (Å²) >= 11 is -2.79. The first-order valence-corrected chi connectivity index (χ1v) is 21.2. The fourth-order valence-electron chi connectivity index (χ4n) is 5.39. The third kappa shape index (κ3) is 8.15. The number of methoxy groups -OCH3 is 2. The van der Waals surface area contributed by atoms with Crippen LogP contribution in [0.15, 0.2) is 21.8 Å². The van der Waals surface area contributed by atoms with E-state index in [0.29, 0.717) is 31.0 Å². The van der Waals surface area contributed by atoms with E-state index < -0.39 is 18.4 Å². The van der Waals surface area contributed by atoms with E-state index >= 15 is 0 Å². The first-order valence-electron chi connectivity index (χ1n) is 13.7. The van der Waals surface area contributed by atoms with Gasteiger partial charge >= 0.3 is 223 Å². The minimum absolute atomic E-state index is 0.213. The Labute approximate surface area is 222 Å². The number of benzene rings is 1. The SMILES string of the molecule is CCC[CH2][Sn]([CH2]CCC)([CH2]CCC)[C](=CCN1CCOC1=O)Cc1cc(C)c(OC)c(C(=O)OC)c1. The van der Waals surface area contributed by atoms with Gasteiger partial charge in [-0.15, -0.1) is 0 Å². The topological polar surface area (TPSA) is 65.1 Å². The number of aryl methyl sites for hydroxylation is 1. The van der Waals surface area contributed by atoms with Gasteiger partial charge in [0.15, 0.2) is 0 Å². The number of allylic oxidation sites excluding steroid dienone is 1. The van der Waals surface area contributed by atoms with Crippen molar-refractivity contribution in [2.75, 3.05) is 33.9 Å². The molecular weight excluding hydrogens is 561 g/mol. The number of carbonyl (C=O) groups excluding carboxylic acids is 2. The van der Waals surface area contributed by atoms with Crippen molar-refractivity contribution in [1.82, 2.24) is 4.90 Å². The Morgan fingerprint density at radius 2 is 1.67 bits per heavy atom. The molecule has 1 fully saturated rings. The summed E-state index contributed by atoms with van der Waals surface area (Å²) in [6.45, 7) is 10.6. The number of ether oxygens (including phenoxy) is 3. The maximum absolute atomic E-state index is 12.6. The minimum atomic E-state index is -2.79. The molecule has 0 aromatic heterocycles. The zero-order valence-corrected chi connectivity index (χ0v) is 26.3. The van der Waals surface area contributed by atoms with Crippen LogP contribution >= 0.6 is 0 Å². The van der Waals surface area contributed by atoms with Crippen LogP contribution in [0.5, 0.6) is 5.75 Å². The molecule has 1 aliphatic rings. The number of esters is 1. The molecule has 1 aliphatic heterocycles. The molecule has 0 N–H and O–H groups in total. The van der Waals surface area contributed by atoms with Crippen molar-refractivity contribution in [3.63, 3.8) is 0 Å². The van der Waals surface area contributed by atoms with Crippen LogP contribution in [0.3, 0.4) is 0 Å². The summed E-state index contributed by atoms with van der Waals surface area (Å²) in [7, 11) is 3.00. The van der Waals surface area contributed by atoms with Gasteiger partial charge in [-0.25, -0.2) is 0 Å². The van der Waals surface area contributed by atoms with Gasteiger partial charge in [0.1, 0.15) is 0 Å². The van der Waals surface area contributed by atoms with Gasteiger partial charge in [-0.2, -0.15) is 0 Å². The van der Waals surface area contributed by atoms with E-state index in [2.05, 4.69) is 32.9 Å². The van der Waals surface area contributed by atoms with Crippen LogP contribution in [-0.2, 0) is 15.9 Å². The molecule has 0 atom stereocenters. The third-order valence-corrected chi connectivity index (χ3v) is 23.6. The van der Waals surface area contributed by atoms with Crippen molar-refractivity contribution >= 4 is 30.4 Å². The van der Waals surface area contributed by atoms with Gasteiger partial charge in [-0.1, -0.05) is 0 Å². The van der Waals surface area contributed by atoms with Gasteiger partial charge in [0.2, 0.25) is 0 Å². The maximum atomic E-state index is 12.6. The number of cyclic esters (lactones) is 1. The molecule has 36 heavy (non-hydrogen) atoms. The quantitative estimate of drug-likeness (QED) is 0.148. The van der Waals surface area contributed by atoms with E-state index in [-0.39, 0.29) is 12.1 Å². The van der Waals surface area contributed by atoms with Crippen LogP contribution in [-0.4, -0.2) is 69.3 Å². The van der Waals surface area contributed by atoms with Crippen molar-refractivity contribution in [3.05, 3.63) is 38.5 Å². The van der Waals surface area contributed by atoms with Crippen LogP contribution < -0.4 is 4.74 Å². The van der Waals surface area contributed by atoms with Crippen molar-refractivity contribution in [1.29, 1.82) is 0 Å². The average Bonchev–Trinajstić information content (AvgIpc) is 3.30. The Balaban J connectivity index is 2.58. The molecule has 1 amide bonds. The van der Waals surface area contributed by atoms with Crippen molar-refractivity contribution in [2.24, 2.45) is 0 Å². The zero-order chi connectivity index (χ0) is 26.6. The van der Waals surface area contributed by atoms with E-state index in [1.165, 1.54) is 58.9 Å². The van der Waals surface area contributed by atoms with Crippen LogP contribution in [0.2, 0.25) is 13.3 Å². The number of hydrogen-bond acceptors (Lipinski definition) is 5. The molecule has 1 saturated heterocycles. The summed E-state index contributed by atoms with van der Waals surface area (Å²) in [6, 6.07) is 4.10. The Morgan fingerprint density at radius 3 is 2.14 bits per heavy atom.